The number of aromatic nitrogens is 5. The van der Waals surface area contributed by atoms with E-state index in [4.69, 9.17) is 37.9 Å². The fraction of sp³-hybridized carbons (Fsp3) is 0.400. The van der Waals surface area contributed by atoms with E-state index in [1.807, 2.05) is 18.8 Å². The van der Waals surface area contributed by atoms with Gasteiger partial charge in [-0.2, -0.15) is 14.6 Å². The highest BCUT2D eigenvalue weighted by molar-refractivity contribution is 6.37. The number of ether oxygens (including phenoxy) is 2. The van der Waals surface area contributed by atoms with Crippen molar-refractivity contribution >= 4 is 29.3 Å². The minimum atomic E-state index is -1.06. The number of amides is 1. The Kier molecular flexibility index (Phi) is 8.61. The minimum Gasteiger partial charge on any atom is -0.434 e. The van der Waals surface area contributed by atoms with Gasteiger partial charge in [0.25, 0.3) is 11.1 Å². The first-order valence-electron chi connectivity index (χ1n) is 12.4. The number of nitriles is 1. The molecule has 0 radical (unpaired) electrons. The van der Waals surface area contributed by atoms with Crippen molar-refractivity contribution in [3.8, 4) is 23.4 Å². The van der Waals surface area contributed by atoms with Crippen molar-refractivity contribution in [3.05, 3.63) is 70.7 Å². The first-order chi connectivity index (χ1) is 19.0. The van der Waals surface area contributed by atoms with E-state index in [0.717, 1.165) is 35.0 Å². The van der Waals surface area contributed by atoms with Crippen LogP contribution in [0, 0.1) is 11.3 Å². The van der Waals surface area contributed by atoms with Crippen LogP contribution in [0.4, 0.5) is 4.79 Å². The number of aromatic amines is 1. The quantitative estimate of drug-likeness (QED) is 0.415. The molecule has 2 aromatic heterocycles. The van der Waals surface area contributed by atoms with Crippen molar-refractivity contribution in [2.75, 3.05) is 0 Å². The van der Waals surface area contributed by atoms with Crippen LogP contribution in [0.5, 0.6) is 11.6 Å². The molecule has 4 rings (SSSR count). The van der Waals surface area contributed by atoms with E-state index in [0.29, 0.717) is 5.56 Å². The number of alkyl carbamates (subject to hydrolysis) is 1. The Morgan fingerprint density at radius 3 is 2.38 bits per heavy atom. The summed E-state index contributed by atoms with van der Waals surface area (Å²) in [5, 5.41) is 19.7. The molecule has 1 aliphatic carbocycles. The van der Waals surface area contributed by atoms with E-state index in [2.05, 4.69) is 15.5 Å². The largest absolute Gasteiger partial charge is 0.434 e. The Hall–Kier alpha value is -4.15. The average molecular weight is 590 g/mol. The maximum absolute atomic E-state index is 13.1. The van der Waals surface area contributed by atoms with Crippen LogP contribution in [0.1, 0.15) is 69.9 Å². The first kappa shape index (κ1) is 28.8. The van der Waals surface area contributed by atoms with Gasteiger partial charge < -0.3 is 14.8 Å². The van der Waals surface area contributed by atoms with E-state index in [-0.39, 0.29) is 39.3 Å². The molecule has 1 atom stereocenters. The molecule has 1 amide bonds. The molecule has 0 spiro atoms. The molecule has 1 aromatic carbocycles. The Labute approximate surface area is 237 Å². The van der Waals surface area contributed by atoms with Crippen LogP contribution >= 0.6 is 23.2 Å². The zero-order valence-electron chi connectivity index (χ0n) is 21.7. The Morgan fingerprint density at radius 1 is 1.12 bits per heavy atom. The van der Waals surface area contributed by atoms with Crippen LogP contribution in [0.3, 0.4) is 0 Å². The number of hydrogen-bond donors (Lipinski definition) is 2. The molecule has 2 heterocycles. The summed E-state index contributed by atoms with van der Waals surface area (Å²) in [6, 6.07) is 5.63. The molecule has 1 unspecified atom stereocenters. The Balaban J connectivity index is 1.66. The molecule has 0 aliphatic heterocycles. The molecule has 1 aliphatic rings. The molecular formula is C25H25Cl2N7O6. The lowest BCUT2D eigenvalue weighted by molar-refractivity contribution is 0.0532. The predicted octanol–water partition coefficient (Wildman–Crippen LogP) is 3.76. The van der Waals surface area contributed by atoms with Gasteiger partial charge in [-0.3, -0.25) is 14.6 Å². The highest BCUT2D eigenvalue weighted by atomic mass is 35.5. The van der Waals surface area contributed by atoms with E-state index in [1.54, 1.807) is 6.07 Å². The lowest BCUT2D eigenvalue weighted by Gasteiger charge is -2.20. The van der Waals surface area contributed by atoms with Crippen LogP contribution in [-0.2, 0) is 4.74 Å². The van der Waals surface area contributed by atoms with Crippen molar-refractivity contribution in [1.29, 1.82) is 5.26 Å². The summed E-state index contributed by atoms with van der Waals surface area (Å²) in [4.78, 5) is 51.4. The molecule has 0 saturated heterocycles. The second kappa shape index (κ2) is 11.9. The Bertz CT molecular complexity index is 1640. The third-order valence-electron chi connectivity index (χ3n) is 6.23. The highest BCUT2D eigenvalue weighted by Crippen LogP contribution is 2.38. The molecule has 1 saturated carbocycles. The molecule has 3 aromatic rings. The van der Waals surface area contributed by atoms with E-state index in [1.165, 1.54) is 25.1 Å². The SMILES string of the molecule is CC(C)c1cc(Oc2c(Cl)cc(-n3nc(C#N)c(=O)[nH]c3=O)cc2Cl)nn(C(C)OC(=O)NC2CCCC2)c1=O. The normalized spacial score (nSPS) is 14.1. The van der Waals surface area contributed by atoms with Crippen molar-refractivity contribution < 1.29 is 14.3 Å². The van der Waals surface area contributed by atoms with Gasteiger partial charge in [0.1, 0.15) is 6.07 Å². The lowest BCUT2D eigenvalue weighted by atomic mass is 10.1. The molecule has 0 bridgehead atoms. The van der Waals surface area contributed by atoms with Gasteiger partial charge in [-0.25, -0.2) is 9.59 Å². The molecular weight excluding hydrogens is 565 g/mol. The molecule has 40 heavy (non-hydrogen) atoms. The number of nitrogens with one attached hydrogen (secondary N) is 2. The summed E-state index contributed by atoms with van der Waals surface area (Å²) in [5.74, 6) is -0.341. The second-order valence-corrected chi connectivity index (χ2v) is 10.3. The maximum atomic E-state index is 13.1. The fourth-order valence-corrected chi connectivity index (χ4v) is 4.76. The van der Waals surface area contributed by atoms with Crippen molar-refractivity contribution in [2.24, 2.45) is 0 Å². The summed E-state index contributed by atoms with van der Waals surface area (Å²) in [7, 11) is 0. The zero-order chi connectivity index (χ0) is 29.1. The predicted molar refractivity (Wildman–Crippen MR) is 144 cm³/mol. The first-order valence-corrected chi connectivity index (χ1v) is 13.2. The lowest BCUT2D eigenvalue weighted by Crippen LogP contribution is -2.37. The maximum Gasteiger partial charge on any atom is 0.409 e. The van der Waals surface area contributed by atoms with Gasteiger partial charge in [0.15, 0.2) is 12.0 Å². The van der Waals surface area contributed by atoms with Gasteiger partial charge in [-0.1, -0.05) is 49.9 Å². The average Bonchev–Trinajstić information content (AvgIpc) is 3.39. The van der Waals surface area contributed by atoms with Gasteiger partial charge in [-0.15, -0.1) is 10.2 Å². The third kappa shape index (κ3) is 6.19. The number of hydrogen-bond acceptors (Lipinski definition) is 9. The van der Waals surface area contributed by atoms with Crippen molar-refractivity contribution in [1.82, 2.24) is 29.9 Å². The smallest absolute Gasteiger partial charge is 0.409 e. The summed E-state index contributed by atoms with van der Waals surface area (Å²) in [6.07, 6.45) is 2.09. The van der Waals surface area contributed by atoms with Crippen LogP contribution < -0.4 is 26.9 Å². The molecule has 15 heteroatoms. The number of H-pyrrole nitrogens is 1. The van der Waals surface area contributed by atoms with Crippen molar-refractivity contribution in [2.45, 2.75) is 64.6 Å². The highest BCUT2D eigenvalue weighted by Gasteiger charge is 2.23. The van der Waals surface area contributed by atoms with Gasteiger partial charge in [0.05, 0.1) is 15.7 Å². The van der Waals surface area contributed by atoms with Gasteiger partial charge in [0, 0.05) is 17.7 Å². The van der Waals surface area contributed by atoms with E-state index < -0.39 is 34.8 Å². The number of benzene rings is 1. The fourth-order valence-electron chi connectivity index (χ4n) is 4.21. The van der Waals surface area contributed by atoms with Crippen molar-refractivity contribution in [3.63, 3.8) is 0 Å². The van der Waals surface area contributed by atoms with Gasteiger partial charge in [-0.05, 0) is 37.8 Å². The topological polar surface area (TPSA) is 174 Å². The van der Waals surface area contributed by atoms with Crippen LogP contribution in [-0.4, -0.2) is 36.7 Å². The van der Waals surface area contributed by atoms with E-state index in [9.17, 15) is 19.2 Å². The number of halogens is 2. The van der Waals surface area contributed by atoms with Gasteiger partial charge >= 0.3 is 11.8 Å². The monoisotopic (exact) mass is 589 g/mol. The summed E-state index contributed by atoms with van der Waals surface area (Å²) in [5.41, 5.74) is -2.45. The molecule has 13 nitrogen and oxygen atoms in total. The number of nitrogens with zero attached hydrogens (tertiary/aromatic N) is 5. The minimum absolute atomic E-state index is 0.0335. The Morgan fingerprint density at radius 2 is 1.77 bits per heavy atom. The number of carbonyl (C=O) groups is 1. The summed E-state index contributed by atoms with van der Waals surface area (Å²) < 4.78 is 13.0. The number of rotatable bonds is 7. The second-order valence-electron chi connectivity index (χ2n) is 9.44. The third-order valence-corrected chi connectivity index (χ3v) is 6.79. The van der Waals surface area contributed by atoms with Crippen LogP contribution in [0.2, 0.25) is 10.0 Å². The zero-order valence-corrected chi connectivity index (χ0v) is 23.2. The molecule has 1 fully saturated rings. The molecule has 2 N–H and O–H groups in total. The van der Waals surface area contributed by atoms with E-state index >= 15 is 0 Å². The summed E-state index contributed by atoms with van der Waals surface area (Å²) in [6.45, 7) is 5.13. The standard InChI is InChI=1S/C25H25Cl2N7O6/c1-12(2)16-10-20(32-33(23(16)36)13(3)39-25(38)29-14-6-4-5-7-14)40-21-17(26)8-15(9-18(21)27)34-24(37)30-22(35)19(11-28)31-34/h8-10,12-14H,4-7H2,1-3H3,(H,29,38)(H,30,35,37). The van der Waals surface area contributed by atoms with Crippen LogP contribution in [0.25, 0.3) is 5.69 Å². The number of carbonyl (C=O) groups excluding carboxylic acids is 1. The van der Waals surface area contributed by atoms with Crippen LogP contribution in [0.15, 0.2) is 32.6 Å². The summed E-state index contributed by atoms with van der Waals surface area (Å²) >= 11 is 12.8. The molecule has 210 valence electrons. The van der Waals surface area contributed by atoms with Gasteiger partial charge in [0.2, 0.25) is 11.6 Å².